The van der Waals surface area contributed by atoms with E-state index in [1.165, 1.54) is 19.2 Å². The maximum atomic E-state index is 13.4. The van der Waals surface area contributed by atoms with Gasteiger partial charge in [0, 0.05) is 17.8 Å². The minimum Gasteiger partial charge on any atom is -0.496 e. The highest BCUT2D eigenvalue weighted by Crippen LogP contribution is 2.23. The molecule has 1 heterocycles. The van der Waals surface area contributed by atoms with Crippen LogP contribution in [0.25, 0.3) is 0 Å². The van der Waals surface area contributed by atoms with Crippen LogP contribution >= 0.6 is 0 Å². The Kier molecular flexibility index (Phi) is 3.97. The molecule has 0 unspecified atom stereocenters. The molecule has 2 N–H and O–H groups in total. The van der Waals surface area contributed by atoms with Crippen molar-refractivity contribution in [3.05, 3.63) is 58.9 Å². The average molecular weight is 314 g/mol. The first-order valence-corrected chi connectivity index (χ1v) is 7.14. The molecule has 1 aliphatic rings. The molecule has 2 aromatic carbocycles. The number of anilines is 1. The van der Waals surface area contributed by atoms with Crippen molar-refractivity contribution in [2.75, 3.05) is 19.0 Å². The molecule has 0 bridgehead atoms. The van der Waals surface area contributed by atoms with Crippen molar-refractivity contribution >= 4 is 17.5 Å². The summed E-state index contributed by atoms with van der Waals surface area (Å²) in [5, 5.41) is 5.42. The second-order valence-electron chi connectivity index (χ2n) is 5.18. The van der Waals surface area contributed by atoms with E-state index in [4.69, 9.17) is 4.74 Å². The number of rotatable bonds is 3. The lowest BCUT2D eigenvalue weighted by molar-refractivity contribution is 0.0944. The van der Waals surface area contributed by atoms with Gasteiger partial charge in [0.1, 0.15) is 11.6 Å². The smallest absolute Gasteiger partial charge is 0.259 e. The molecule has 0 radical (unpaired) electrons. The number of ether oxygens (including phenoxy) is 1. The molecule has 0 fully saturated rings. The van der Waals surface area contributed by atoms with Crippen molar-refractivity contribution in [2.45, 2.75) is 6.42 Å². The fourth-order valence-corrected chi connectivity index (χ4v) is 2.55. The van der Waals surface area contributed by atoms with Crippen LogP contribution in [0, 0.1) is 5.82 Å². The minimum atomic E-state index is -0.527. The molecule has 2 amide bonds. The van der Waals surface area contributed by atoms with Crippen molar-refractivity contribution in [1.82, 2.24) is 5.32 Å². The van der Waals surface area contributed by atoms with Gasteiger partial charge in [-0.1, -0.05) is 6.07 Å². The van der Waals surface area contributed by atoms with Gasteiger partial charge in [0.15, 0.2) is 0 Å². The van der Waals surface area contributed by atoms with E-state index in [0.717, 1.165) is 18.1 Å². The summed E-state index contributed by atoms with van der Waals surface area (Å²) in [5.41, 5.74) is 2.04. The molecule has 3 rings (SSSR count). The third kappa shape index (κ3) is 3.01. The van der Waals surface area contributed by atoms with Gasteiger partial charge in [-0.05, 0) is 42.3 Å². The van der Waals surface area contributed by atoms with Crippen LogP contribution < -0.4 is 15.4 Å². The lowest BCUT2D eigenvalue weighted by atomic mass is 9.99. The third-order valence-electron chi connectivity index (χ3n) is 3.70. The van der Waals surface area contributed by atoms with Crippen LogP contribution in [0.3, 0.4) is 0 Å². The molecule has 118 valence electrons. The van der Waals surface area contributed by atoms with Crippen molar-refractivity contribution in [3.8, 4) is 5.75 Å². The van der Waals surface area contributed by atoms with Gasteiger partial charge in [-0.3, -0.25) is 9.59 Å². The molecule has 0 saturated heterocycles. The lowest BCUT2D eigenvalue weighted by Gasteiger charge is -2.17. The Bertz CT molecular complexity index is 789. The van der Waals surface area contributed by atoms with E-state index in [2.05, 4.69) is 10.6 Å². The highest BCUT2D eigenvalue weighted by molar-refractivity contribution is 6.07. The maximum absolute atomic E-state index is 13.4. The molecule has 0 atom stereocenters. The largest absolute Gasteiger partial charge is 0.496 e. The van der Waals surface area contributed by atoms with Crippen molar-refractivity contribution < 1.29 is 18.7 Å². The van der Waals surface area contributed by atoms with Crippen LogP contribution in [0.2, 0.25) is 0 Å². The number of carbonyl (C=O) groups is 2. The standard InChI is InChI=1S/C17H15FN2O3/c1-23-15-5-3-11(18)8-14(15)17(22)20-12-4-2-10-6-7-19-16(21)13(10)9-12/h2-5,8-9H,6-7H2,1H3,(H,19,21)(H,20,22). The number of hydrogen-bond acceptors (Lipinski definition) is 3. The van der Waals surface area contributed by atoms with E-state index in [9.17, 15) is 14.0 Å². The Labute approximate surface area is 132 Å². The number of halogens is 1. The average Bonchev–Trinajstić information content (AvgIpc) is 2.55. The number of nitrogens with one attached hydrogen (secondary N) is 2. The first kappa shape index (κ1) is 15.0. The van der Waals surface area contributed by atoms with Gasteiger partial charge in [0.05, 0.1) is 12.7 Å². The van der Waals surface area contributed by atoms with Crippen molar-refractivity contribution in [3.63, 3.8) is 0 Å². The summed E-state index contributed by atoms with van der Waals surface area (Å²) in [6, 6.07) is 8.88. The normalized spacial score (nSPS) is 13.0. The monoisotopic (exact) mass is 314 g/mol. The number of fused-ring (bicyclic) bond motifs is 1. The molecule has 2 aromatic rings. The van der Waals surface area contributed by atoms with Gasteiger partial charge in [0.2, 0.25) is 0 Å². The zero-order chi connectivity index (χ0) is 16.4. The van der Waals surface area contributed by atoms with Gasteiger partial charge < -0.3 is 15.4 Å². The summed E-state index contributed by atoms with van der Waals surface area (Å²) in [5.74, 6) is -0.913. The Morgan fingerprint density at radius 2 is 2.09 bits per heavy atom. The van der Waals surface area contributed by atoms with Gasteiger partial charge >= 0.3 is 0 Å². The lowest BCUT2D eigenvalue weighted by Crippen LogP contribution is -2.31. The van der Waals surface area contributed by atoms with Crippen molar-refractivity contribution in [1.29, 1.82) is 0 Å². The molecule has 5 nitrogen and oxygen atoms in total. The first-order valence-electron chi connectivity index (χ1n) is 7.14. The summed E-state index contributed by atoms with van der Waals surface area (Å²) in [4.78, 5) is 24.2. The van der Waals surface area contributed by atoms with Crippen LogP contribution in [-0.2, 0) is 6.42 Å². The van der Waals surface area contributed by atoms with Gasteiger partial charge in [-0.25, -0.2) is 4.39 Å². The van der Waals surface area contributed by atoms with E-state index < -0.39 is 11.7 Å². The van der Waals surface area contributed by atoms with Crippen LogP contribution in [0.1, 0.15) is 26.3 Å². The number of amides is 2. The highest BCUT2D eigenvalue weighted by Gasteiger charge is 2.18. The molecule has 1 aliphatic heterocycles. The summed E-state index contributed by atoms with van der Waals surface area (Å²) in [6.07, 6.45) is 0.757. The van der Waals surface area contributed by atoms with E-state index in [1.54, 1.807) is 12.1 Å². The molecule has 6 heteroatoms. The van der Waals surface area contributed by atoms with E-state index in [1.807, 2.05) is 6.07 Å². The molecule has 0 saturated carbocycles. The predicted octanol–water partition coefficient (Wildman–Crippen LogP) is 2.37. The summed E-state index contributed by atoms with van der Waals surface area (Å²) >= 11 is 0. The number of hydrogen-bond donors (Lipinski definition) is 2. The zero-order valence-electron chi connectivity index (χ0n) is 12.5. The van der Waals surface area contributed by atoms with Crippen LogP contribution in [0.4, 0.5) is 10.1 Å². The second kappa shape index (κ2) is 6.08. The van der Waals surface area contributed by atoms with Gasteiger partial charge in [-0.2, -0.15) is 0 Å². The SMILES string of the molecule is COc1ccc(F)cc1C(=O)Nc1ccc2c(c1)C(=O)NCC2. The topological polar surface area (TPSA) is 67.4 Å². The minimum absolute atomic E-state index is 0.0923. The fourth-order valence-electron chi connectivity index (χ4n) is 2.55. The molecular formula is C17H15FN2O3. The highest BCUT2D eigenvalue weighted by atomic mass is 19.1. The van der Waals surface area contributed by atoms with E-state index in [-0.39, 0.29) is 17.2 Å². The van der Waals surface area contributed by atoms with Gasteiger partial charge in [-0.15, -0.1) is 0 Å². The van der Waals surface area contributed by atoms with E-state index >= 15 is 0 Å². The Balaban J connectivity index is 1.88. The molecule has 0 aromatic heterocycles. The second-order valence-corrected chi connectivity index (χ2v) is 5.18. The maximum Gasteiger partial charge on any atom is 0.259 e. The molecular weight excluding hydrogens is 299 g/mol. The third-order valence-corrected chi connectivity index (χ3v) is 3.70. The predicted molar refractivity (Wildman–Crippen MR) is 83.4 cm³/mol. The zero-order valence-corrected chi connectivity index (χ0v) is 12.5. The van der Waals surface area contributed by atoms with Gasteiger partial charge in [0.25, 0.3) is 11.8 Å². The summed E-state index contributed by atoms with van der Waals surface area (Å²) in [7, 11) is 1.41. The molecule has 23 heavy (non-hydrogen) atoms. The number of methoxy groups -OCH3 is 1. The molecule has 0 spiro atoms. The van der Waals surface area contributed by atoms with Crippen molar-refractivity contribution in [2.24, 2.45) is 0 Å². The van der Waals surface area contributed by atoms with Crippen LogP contribution in [-0.4, -0.2) is 25.5 Å². The Morgan fingerprint density at radius 1 is 1.26 bits per heavy atom. The summed E-state index contributed by atoms with van der Waals surface area (Å²) in [6.45, 7) is 0.609. The number of benzene rings is 2. The fraction of sp³-hybridized carbons (Fsp3) is 0.176. The quantitative estimate of drug-likeness (QED) is 0.914. The Hall–Kier alpha value is -2.89. The molecule has 0 aliphatic carbocycles. The van der Waals surface area contributed by atoms with Crippen LogP contribution in [0.5, 0.6) is 5.75 Å². The van der Waals surface area contributed by atoms with E-state index in [0.29, 0.717) is 17.8 Å². The number of carbonyl (C=O) groups excluding carboxylic acids is 2. The van der Waals surface area contributed by atoms with Crippen LogP contribution in [0.15, 0.2) is 36.4 Å². The summed E-state index contributed by atoms with van der Waals surface area (Å²) < 4.78 is 18.4. The first-order chi connectivity index (χ1) is 11.1. The Morgan fingerprint density at radius 3 is 2.87 bits per heavy atom.